The van der Waals surface area contributed by atoms with Crippen molar-refractivity contribution in [3.63, 3.8) is 0 Å². The molecule has 4 N–H and O–H groups in total. The summed E-state index contributed by atoms with van der Waals surface area (Å²) in [6.45, 7) is 3.73. The normalized spacial score (nSPS) is 21.8. The Morgan fingerprint density at radius 2 is 1.71 bits per heavy atom. The summed E-state index contributed by atoms with van der Waals surface area (Å²) in [6, 6.07) is 10.1. The Kier molecular flexibility index (Phi) is 8.63. The summed E-state index contributed by atoms with van der Waals surface area (Å²) >= 11 is 0. The van der Waals surface area contributed by atoms with Gasteiger partial charge in [0.15, 0.2) is 0 Å². The fourth-order valence-electron chi connectivity index (χ4n) is 5.74. The Labute approximate surface area is 235 Å². The van der Waals surface area contributed by atoms with Crippen LogP contribution in [0.4, 0.5) is 17.6 Å². The van der Waals surface area contributed by atoms with E-state index in [-0.39, 0.29) is 17.9 Å². The van der Waals surface area contributed by atoms with Crippen LogP contribution in [0.15, 0.2) is 54.6 Å². The monoisotopic (exact) mass is 574 g/mol. The molecule has 0 heterocycles. The molecule has 3 aromatic carbocycles. The molecule has 3 aromatic rings. The third-order valence-corrected chi connectivity index (χ3v) is 8.11. The molecule has 1 amide bonds. The van der Waals surface area contributed by atoms with Crippen molar-refractivity contribution in [1.82, 2.24) is 5.32 Å². The van der Waals surface area contributed by atoms with Gasteiger partial charge in [-0.15, -0.1) is 0 Å². The summed E-state index contributed by atoms with van der Waals surface area (Å²) in [5.74, 6) is -2.25. The Bertz CT molecular complexity index is 1410. The minimum Gasteiger partial charge on any atom is -0.487 e. The van der Waals surface area contributed by atoms with E-state index in [0.717, 1.165) is 18.6 Å². The molecule has 1 atom stereocenters. The molecule has 1 fully saturated rings. The second-order valence-corrected chi connectivity index (χ2v) is 11.3. The molecule has 0 radical (unpaired) electrons. The van der Waals surface area contributed by atoms with Crippen molar-refractivity contribution < 1.29 is 37.0 Å². The number of benzene rings is 3. The fourth-order valence-corrected chi connectivity index (χ4v) is 5.74. The molecule has 6 nitrogen and oxygen atoms in total. The number of carboxylic acid groups (broad SMARTS) is 1. The second-order valence-electron chi connectivity index (χ2n) is 11.3. The van der Waals surface area contributed by atoms with E-state index in [9.17, 15) is 32.3 Å². The zero-order valence-corrected chi connectivity index (χ0v) is 23.0. The first-order valence-corrected chi connectivity index (χ1v) is 13.6. The number of ether oxygens (including phenoxy) is 1. The first-order chi connectivity index (χ1) is 19.2. The number of carboxylic acids is 1. The Balaban J connectivity index is 1.67. The van der Waals surface area contributed by atoms with Gasteiger partial charge in [-0.25, -0.2) is 9.18 Å². The lowest BCUT2D eigenvalue weighted by Gasteiger charge is -2.46. The number of aliphatic carboxylic acids is 1. The van der Waals surface area contributed by atoms with Crippen molar-refractivity contribution in [2.24, 2.45) is 11.1 Å². The molecule has 0 aromatic heterocycles. The molecule has 41 heavy (non-hydrogen) atoms. The van der Waals surface area contributed by atoms with Crippen LogP contribution < -0.4 is 15.8 Å². The van der Waals surface area contributed by atoms with E-state index >= 15 is 0 Å². The average molecular weight is 575 g/mol. The number of alkyl halides is 3. The van der Waals surface area contributed by atoms with Gasteiger partial charge in [0.2, 0.25) is 0 Å². The fraction of sp³-hybridized carbons (Fsp3) is 0.419. The lowest BCUT2D eigenvalue weighted by molar-refractivity contribution is -0.144. The number of amides is 1. The van der Waals surface area contributed by atoms with Crippen molar-refractivity contribution in [2.75, 3.05) is 0 Å². The van der Waals surface area contributed by atoms with Crippen LogP contribution in [-0.2, 0) is 17.6 Å². The van der Waals surface area contributed by atoms with Crippen LogP contribution >= 0.6 is 0 Å². The van der Waals surface area contributed by atoms with Gasteiger partial charge in [-0.05, 0) is 86.4 Å². The summed E-state index contributed by atoms with van der Waals surface area (Å²) in [5, 5.41) is 13.8. The Morgan fingerprint density at radius 3 is 2.29 bits per heavy atom. The van der Waals surface area contributed by atoms with E-state index in [1.165, 1.54) is 42.5 Å². The molecule has 4 rings (SSSR count). The smallest absolute Gasteiger partial charge is 0.416 e. The van der Waals surface area contributed by atoms with Crippen molar-refractivity contribution in [3.05, 3.63) is 77.1 Å². The highest BCUT2D eigenvalue weighted by Crippen LogP contribution is 2.46. The molecule has 0 aliphatic heterocycles. The van der Waals surface area contributed by atoms with Gasteiger partial charge in [0, 0.05) is 16.3 Å². The van der Waals surface area contributed by atoms with Gasteiger partial charge in [0.25, 0.3) is 5.91 Å². The van der Waals surface area contributed by atoms with Crippen molar-refractivity contribution in [3.8, 4) is 5.75 Å². The predicted octanol–water partition coefficient (Wildman–Crippen LogP) is 6.84. The zero-order chi connectivity index (χ0) is 30.0. The largest absolute Gasteiger partial charge is 0.487 e. The maximum atomic E-state index is 14.0. The molecule has 220 valence electrons. The quantitative estimate of drug-likeness (QED) is 0.243. The van der Waals surface area contributed by atoms with Gasteiger partial charge in [-0.2, -0.15) is 13.2 Å². The van der Waals surface area contributed by atoms with E-state index in [1.54, 1.807) is 0 Å². The highest BCUT2D eigenvalue weighted by Gasteiger charge is 2.47. The summed E-state index contributed by atoms with van der Waals surface area (Å²) in [6.07, 6.45) is -0.843. The molecule has 1 saturated carbocycles. The number of rotatable bonds is 9. The predicted molar refractivity (Wildman–Crippen MR) is 147 cm³/mol. The van der Waals surface area contributed by atoms with E-state index in [4.69, 9.17) is 10.5 Å². The summed E-state index contributed by atoms with van der Waals surface area (Å²) < 4.78 is 58.9. The molecule has 10 heteroatoms. The molecule has 1 unspecified atom stereocenters. The van der Waals surface area contributed by atoms with Gasteiger partial charge < -0.3 is 20.9 Å². The lowest BCUT2D eigenvalue weighted by atomic mass is 9.62. The van der Waals surface area contributed by atoms with E-state index in [1.807, 2.05) is 13.8 Å². The van der Waals surface area contributed by atoms with Crippen molar-refractivity contribution in [1.29, 1.82) is 0 Å². The molecule has 0 saturated heterocycles. The third kappa shape index (κ3) is 6.81. The number of carbonyl (C=O) groups excluding carboxylic acids is 1. The maximum Gasteiger partial charge on any atom is 0.416 e. The van der Waals surface area contributed by atoms with Gasteiger partial charge >= 0.3 is 12.1 Å². The Hall–Kier alpha value is -3.66. The average Bonchev–Trinajstić information content (AvgIpc) is 2.91. The van der Waals surface area contributed by atoms with Crippen LogP contribution in [0.2, 0.25) is 0 Å². The highest BCUT2D eigenvalue weighted by atomic mass is 19.4. The number of hydrogen-bond donors (Lipinski definition) is 3. The van der Waals surface area contributed by atoms with E-state index < -0.39 is 46.4 Å². The second kappa shape index (κ2) is 11.7. The van der Waals surface area contributed by atoms with E-state index in [0.29, 0.717) is 48.4 Å². The minimum atomic E-state index is -4.48. The molecule has 1 aliphatic carbocycles. The van der Waals surface area contributed by atoms with Crippen LogP contribution in [0.1, 0.15) is 73.9 Å². The zero-order valence-electron chi connectivity index (χ0n) is 23.0. The summed E-state index contributed by atoms with van der Waals surface area (Å²) in [7, 11) is 0. The number of nitrogens with two attached hydrogens (primary N) is 1. The van der Waals surface area contributed by atoms with E-state index in [2.05, 4.69) is 5.32 Å². The first kappa shape index (κ1) is 30.3. The van der Waals surface area contributed by atoms with Crippen LogP contribution in [-0.4, -0.2) is 28.6 Å². The van der Waals surface area contributed by atoms with Crippen LogP contribution in [0, 0.1) is 11.2 Å². The number of carbonyl (C=O) groups is 2. The van der Waals surface area contributed by atoms with Gasteiger partial charge in [-0.1, -0.05) is 31.5 Å². The van der Waals surface area contributed by atoms with Crippen molar-refractivity contribution >= 4 is 22.6 Å². The first-order valence-electron chi connectivity index (χ1n) is 13.6. The van der Waals surface area contributed by atoms with Gasteiger partial charge in [0.05, 0.1) is 11.1 Å². The molecule has 0 bridgehead atoms. The standard InChI is InChI=1S/C31H34F4N2O4/c1-3-12-30(15-13-29(2,36)14-16-30)26(28(39)40)37-27(38)24-10-6-20-17-22(32)9-11-23(20)25(24)41-18-19-4-7-21(8-5-19)31(33,34)35/h4-11,17,26H,3,12-16,18,36H2,1-2H3,(H,37,38)(H,39,40). The molecule has 1 aliphatic rings. The van der Waals surface area contributed by atoms with Crippen molar-refractivity contribution in [2.45, 2.75) is 76.7 Å². The topological polar surface area (TPSA) is 102 Å². The third-order valence-electron chi connectivity index (χ3n) is 8.11. The SMILES string of the molecule is CCCC1(C(NC(=O)c2ccc3cc(F)ccc3c2OCc2ccc(C(F)(F)F)cc2)C(=O)O)CCC(C)(N)CC1. The summed E-state index contributed by atoms with van der Waals surface area (Å²) in [4.78, 5) is 26.2. The summed E-state index contributed by atoms with van der Waals surface area (Å²) in [5.41, 5.74) is 4.88. The Morgan fingerprint density at radius 1 is 1.05 bits per heavy atom. The van der Waals surface area contributed by atoms with Crippen LogP contribution in [0.25, 0.3) is 10.8 Å². The minimum absolute atomic E-state index is 0.0355. The number of halogens is 4. The van der Waals surface area contributed by atoms with Gasteiger partial charge in [-0.3, -0.25) is 4.79 Å². The molecule has 0 spiro atoms. The maximum absolute atomic E-state index is 14.0. The number of nitrogens with one attached hydrogen (secondary N) is 1. The van der Waals surface area contributed by atoms with Gasteiger partial charge in [0.1, 0.15) is 24.2 Å². The molecular weight excluding hydrogens is 540 g/mol. The lowest BCUT2D eigenvalue weighted by Crippen LogP contribution is -2.56. The van der Waals surface area contributed by atoms with Crippen LogP contribution in [0.5, 0.6) is 5.75 Å². The van der Waals surface area contributed by atoms with Crippen LogP contribution in [0.3, 0.4) is 0 Å². The highest BCUT2D eigenvalue weighted by molar-refractivity contribution is 6.05. The molecular formula is C31H34F4N2O4. The number of fused-ring (bicyclic) bond motifs is 1. The number of hydrogen-bond acceptors (Lipinski definition) is 4.